The molecule has 1 aromatic carbocycles. The molecule has 2 fully saturated rings. The summed E-state index contributed by atoms with van der Waals surface area (Å²) in [5.74, 6) is 1.80. The van der Waals surface area contributed by atoms with Gasteiger partial charge in [0.2, 0.25) is 0 Å². The highest BCUT2D eigenvalue weighted by molar-refractivity contribution is 5.30. The van der Waals surface area contributed by atoms with Crippen molar-refractivity contribution in [3.05, 3.63) is 35.4 Å². The second-order valence-corrected chi connectivity index (χ2v) is 4.43. The predicted octanol–water partition coefficient (Wildman–Crippen LogP) is 2.07. The summed E-state index contributed by atoms with van der Waals surface area (Å²) in [4.78, 5) is 0. The molecule has 1 nitrogen and oxygen atoms in total. The third kappa shape index (κ3) is 1.03. The van der Waals surface area contributed by atoms with Crippen molar-refractivity contribution in [3.8, 4) is 0 Å². The molecular weight excluding hydrogens is 158 g/mol. The molecule has 0 bridgehead atoms. The Kier molecular flexibility index (Phi) is 1.50. The van der Waals surface area contributed by atoms with E-state index in [0.717, 1.165) is 17.9 Å². The van der Waals surface area contributed by atoms with Crippen LogP contribution in [-0.2, 0) is 0 Å². The summed E-state index contributed by atoms with van der Waals surface area (Å²) in [5, 5.41) is 3.46. The van der Waals surface area contributed by atoms with E-state index < -0.39 is 0 Å². The lowest BCUT2D eigenvalue weighted by atomic mass is 9.61. The summed E-state index contributed by atoms with van der Waals surface area (Å²) < 4.78 is 0. The van der Waals surface area contributed by atoms with E-state index >= 15 is 0 Å². The molecule has 1 saturated heterocycles. The Morgan fingerprint density at radius 3 is 2.85 bits per heavy atom. The molecule has 3 atom stereocenters. The highest BCUT2D eigenvalue weighted by Gasteiger charge is 2.47. The van der Waals surface area contributed by atoms with E-state index in [4.69, 9.17) is 0 Å². The van der Waals surface area contributed by atoms with E-state index in [2.05, 4.69) is 36.5 Å². The molecule has 2 aliphatic rings. The van der Waals surface area contributed by atoms with Gasteiger partial charge in [-0.15, -0.1) is 0 Å². The fourth-order valence-corrected chi connectivity index (χ4v) is 2.64. The Hall–Kier alpha value is -0.820. The summed E-state index contributed by atoms with van der Waals surface area (Å²) in [6, 6.07) is 9.85. The normalized spacial score (nSPS) is 35.9. The lowest BCUT2D eigenvalue weighted by molar-refractivity contribution is 0.0751. The quantitative estimate of drug-likeness (QED) is 0.685. The van der Waals surface area contributed by atoms with E-state index in [9.17, 15) is 0 Å². The summed E-state index contributed by atoms with van der Waals surface area (Å²) >= 11 is 0. The smallest absolute Gasteiger partial charge is 0.0119 e. The van der Waals surface area contributed by atoms with E-state index in [1.807, 2.05) is 0 Å². The Bertz CT molecular complexity index is 332. The minimum absolute atomic E-state index is 0.852. The highest BCUT2D eigenvalue weighted by Crippen LogP contribution is 2.46. The minimum Gasteiger partial charge on any atom is -0.313 e. The van der Waals surface area contributed by atoms with Crippen molar-refractivity contribution >= 4 is 0 Å². The van der Waals surface area contributed by atoms with Crippen molar-refractivity contribution in [2.75, 3.05) is 6.54 Å². The lowest BCUT2D eigenvalue weighted by Gasteiger charge is -2.54. The molecule has 1 aliphatic carbocycles. The zero-order chi connectivity index (χ0) is 8.84. The van der Waals surface area contributed by atoms with Crippen LogP contribution in [0.25, 0.3) is 0 Å². The molecule has 1 aliphatic heterocycles. The number of fused-ring (bicyclic) bond motifs is 1. The molecule has 0 radical (unpaired) electrons. The molecule has 13 heavy (non-hydrogen) atoms. The average molecular weight is 173 g/mol. The van der Waals surface area contributed by atoms with Crippen LogP contribution in [-0.4, -0.2) is 12.6 Å². The fourth-order valence-electron chi connectivity index (χ4n) is 2.64. The van der Waals surface area contributed by atoms with Crippen LogP contribution < -0.4 is 5.32 Å². The van der Waals surface area contributed by atoms with Crippen molar-refractivity contribution in [2.24, 2.45) is 5.92 Å². The molecule has 1 heterocycles. The summed E-state index contributed by atoms with van der Waals surface area (Å²) in [6.45, 7) is 3.42. The molecule has 1 aromatic rings. The van der Waals surface area contributed by atoms with Gasteiger partial charge in [0.15, 0.2) is 0 Å². The highest BCUT2D eigenvalue weighted by atomic mass is 15.0. The van der Waals surface area contributed by atoms with Gasteiger partial charge in [0.05, 0.1) is 0 Å². The predicted molar refractivity (Wildman–Crippen MR) is 53.8 cm³/mol. The first kappa shape index (κ1) is 7.57. The molecule has 1 saturated carbocycles. The molecule has 0 spiro atoms. The first-order valence-corrected chi connectivity index (χ1v) is 5.14. The van der Waals surface area contributed by atoms with E-state index in [0.29, 0.717) is 0 Å². The Morgan fingerprint density at radius 1 is 1.38 bits per heavy atom. The van der Waals surface area contributed by atoms with Crippen molar-refractivity contribution < 1.29 is 0 Å². The van der Waals surface area contributed by atoms with Crippen LogP contribution >= 0.6 is 0 Å². The van der Waals surface area contributed by atoms with E-state index in [1.54, 1.807) is 5.56 Å². The van der Waals surface area contributed by atoms with E-state index in [-0.39, 0.29) is 0 Å². The molecule has 0 amide bonds. The maximum atomic E-state index is 3.46. The molecule has 1 N–H and O–H groups in total. The van der Waals surface area contributed by atoms with Gasteiger partial charge in [-0.25, -0.2) is 0 Å². The average Bonchev–Trinajstić information content (AvgIpc) is 2.10. The first-order valence-electron chi connectivity index (χ1n) is 5.14. The third-order valence-corrected chi connectivity index (χ3v) is 3.63. The van der Waals surface area contributed by atoms with Gasteiger partial charge in [0, 0.05) is 12.6 Å². The third-order valence-electron chi connectivity index (χ3n) is 3.63. The standard InChI is InChI=1S/C12H15N/c1-8-3-2-4-9(5-8)10-6-12-11(10)7-13-12/h2-5,10-13H,6-7H2,1H3. The SMILES string of the molecule is Cc1cccc(C2CC3NCC32)c1. The number of hydrogen-bond acceptors (Lipinski definition) is 1. The molecule has 3 unspecified atom stereocenters. The van der Waals surface area contributed by atoms with Gasteiger partial charge < -0.3 is 5.32 Å². The molecule has 0 aromatic heterocycles. The molecular formula is C12H15N. The number of piperidine rings is 1. The van der Waals surface area contributed by atoms with Crippen LogP contribution in [0.4, 0.5) is 0 Å². The number of nitrogens with one attached hydrogen (secondary N) is 1. The maximum absolute atomic E-state index is 3.46. The zero-order valence-corrected chi connectivity index (χ0v) is 7.96. The van der Waals surface area contributed by atoms with Gasteiger partial charge in [0.25, 0.3) is 0 Å². The van der Waals surface area contributed by atoms with Gasteiger partial charge in [-0.05, 0) is 30.7 Å². The fraction of sp³-hybridized carbons (Fsp3) is 0.500. The summed E-state index contributed by atoms with van der Waals surface area (Å²) in [5.41, 5.74) is 2.95. The lowest BCUT2D eigenvalue weighted by Crippen LogP contribution is -2.63. The number of rotatable bonds is 1. The number of hydrogen-bond donors (Lipinski definition) is 1. The van der Waals surface area contributed by atoms with Crippen LogP contribution in [0.5, 0.6) is 0 Å². The van der Waals surface area contributed by atoms with Crippen molar-refractivity contribution in [3.63, 3.8) is 0 Å². The number of aryl methyl sites for hydroxylation is 1. The minimum atomic E-state index is 0.852. The van der Waals surface area contributed by atoms with Gasteiger partial charge in [-0.3, -0.25) is 0 Å². The van der Waals surface area contributed by atoms with Gasteiger partial charge >= 0.3 is 0 Å². The Labute approximate surface area is 79.2 Å². The van der Waals surface area contributed by atoms with Crippen molar-refractivity contribution in [1.82, 2.24) is 5.32 Å². The van der Waals surface area contributed by atoms with Crippen LogP contribution in [0.3, 0.4) is 0 Å². The largest absolute Gasteiger partial charge is 0.313 e. The van der Waals surface area contributed by atoms with Gasteiger partial charge in [0.1, 0.15) is 0 Å². The molecule has 1 heteroatoms. The molecule has 68 valence electrons. The summed E-state index contributed by atoms with van der Waals surface area (Å²) in [7, 11) is 0. The van der Waals surface area contributed by atoms with E-state index in [1.165, 1.54) is 18.5 Å². The van der Waals surface area contributed by atoms with Gasteiger partial charge in [-0.2, -0.15) is 0 Å². The summed E-state index contributed by atoms with van der Waals surface area (Å²) in [6.07, 6.45) is 1.36. The van der Waals surface area contributed by atoms with Crippen LogP contribution in [0.1, 0.15) is 23.5 Å². The number of benzene rings is 1. The zero-order valence-electron chi connectivity index (χ0n) is 7.96. The van der Waals surface area contributed by atoms with Gasteiger partial charge in [-0.1, -0.05) is 29.8 Å². The monoisotopic (exact) mass is 173 g/mol. The van der Waals surface area contributed by atoms with Crippen LogP contribution in [0.2, 0.25) is 0 Å². The topological polar surface area (TPSA) is 12.0 Å². The molecule has 3 rings (SSSR count). The van der Waals surface area contributed by atoms with Crippen molar-refractivity contribution in [1.29, 1.82) is 0 Å². The van der Waals surface area contributed by atoms with Crippen molar-refractivity contribution in [2.45, 2.75) is 25.3 Å². The Morgan fingerprint density at radius 2 is 2.31 bits per heavy atom. The second kappa shape index (κ2) is 2.58. The van der Waals surface area contributed by atoms with Crippen LogP contribution in [0, 0.1) is 12.8 Å². The maximum Gasteiger partial charge on any atom is 0.0119 e. The Balaban J connectivity index is 1.85. The van der Waals surface area contributed by atoms with Crippen LogP contribution in [0.15, 0.2) is 24.3 Å². The first-order chi connectivity index (χ1) is 6.34. The second-order valence-electron chi connectivity index (χ2n) is 4.43.